The van der Waals surface area contributed by atoms with Crippen molar-refractivity contribution in [1.82, 2.24) is 15.0 Å². The molecule has 5 heteroatoms. The van der Waals surface area contributed by atoms with E-state index in [-0.39, 0.29) is 5.91 Å². The number of hydrazone groups is 1. The Morgan fingerprint density at radius 1 is 1.19 bits per heavy atom. The number of nitrogens with zero attached hydrogens (tertiary/aromatic N) is 3. The highest BCUT2D eigenvalue weighted by molar-refractivity contribution is 6.02. The molecular weight excluding hydrogens is 264 g/mol. The minimum absolute atomic E-state index is 0.0211. The number of nitrogens with one attached hydrogen (secondary N) is 1. The first-order chi connectivity index (χ1) is 10.2. The van der Waals surface area contributed by atoms with Gasteiger partial charge in [0.25, 0.3) is 0 Å². The number of rotatable bonds is 3. The Labute approximate surface area is 123 Å². The number of carbonyl (C=O) groups is 1. The van der Waals surface area contributed by atoms with Crippen molar-refractivity contribution in [2.24, 2.45) is 5.10 Å². The molecular formula is C16H16N4O. The lowest BCUT2D eigenvalue weighted by Crippen LogP contribution is -2.24. The predicted octanol–water partition coefficient (Wildman–Crippen LogP) is 2.46. The number of carbonyl (C=O) groups excluding carboxylic acids is 1. The van der Waals surface area contributed by atoms with E-state index in [2.05, 4.69) is 27.6 Å². The van der Waals surface area contributed by atoms with E-state index >= 15 is 0 Å². The highest BCUT2D eigenvalue weighted by Gasteiger charge is 2.08. The molecule has 0 unspecified atom stereocenters. The van der Waals surface area contributed by atoms with Gasteiger partial charge in [-0.05, 0) is 30.7 Å². The molecule has 0 atom stereocenters. The third-order valence-electron chi connectivity index (χ3n) is 3.40. The van der Waals surface area contributed by atoms with Crippen molar-refractivity contribution in [3.05, 3.63) is 54.1 Å². The fourth-order valence-electron chi connectivity index (χ4n) is 2.20. The Hall–Kier alpha value is -2.69. The Morgan fingerprint density at radius 2 is 2.00 bits per heavy atom. The van der Waals surface area contributed by atoms with Crippen molar-refractivity contribution < 1.29 is 4.79 Å². The van der Waals surface area contributed by atoms with Gasteiger partial charge in [0.15, 0.2) is 0 Å². The Kier molecular flexibility index (Phi) is 3.64. The molecule has 0 radical (unpaired) electrons. The fraction of sp³-hybridized carbons (Fsp3) is 0.188. The second kappa shape index (κ2) is 5.75. The fourth-order valence-corrected chi connectivity index (χ4v) is 2.20. The number of hydrogen-bond donors (Lipinski definition) is 1. The van der Waals surface area contributed by atoms with Gasteiger partial charge < -0.3 is 4.57 Å². The van der Waals surface area contributed by atoms with Crippen LogP contribution in [0.5, 0.6) is 0 Å². The Balaban J connectivity index is 1.73. The van der Waals surface area contributed by atoms with Crippen molar-refractivity contribution in [2.75, 3.05) is 0 Å². The first-order valence-corrected chi connectivity index (χ1v) is 6.86. The maximum atomic E-state index is 11.0. The highest BCUT2D eigenvalue weighted by atomic mass is 16.2. The number of imidazole rings is 1. The molecule has 0 saturated heterocycles. The maximum absolute atomic E-state index is 11.0. The molecule has 0 saturated carbocycles. The van der Waals surface area contributed by atoms with Gasteiger partial charge in [0.2, 0.25) is 5.91 Å². The minimum atomic E-state index is -0.0211. The summed E-state index contributed by atoms with van der Waals surface area (Å²) in [5, 5.41) is 4.01. The molecule has 0 aliphatic carbocycles. The second-order valence-corrected chi connectivity index (χ2v) is 4.91. The molecule has 21 heavy (non-hydrogen) atoms. The smallest absolute Gasteiger partial charge is 0.240 e. The lowest BCUT2D eigenvalue weighted by atomic mass is 10.1. The van der Waals surface area contributed by atoms with Crippen molar-refractivity contribution in [3.8, 4) is 5.69 Å². The van der Waals surface area contributed by atoms with Gasteiger partial charge in [-0.15, -0.1) is 0 Å². The maximum Gasteiger partial charge on any atom is 0.240 e. The number of benzene rings is 1. The van der Waals surface area contributed by atoms with Crippen LogP contribution in [0.4, 0.5) is 0 Å². The average molecular weight is 280 g/mol. The standard InChI is InChI=1S/C16H16N4O/c1-12-17-10-11-20(12)15-7-3-13(4-8-15)2-5-14-6-9-16(21)19-18-14/h2-5,7-8,10-11H,6,9H2,1H3,(H,19,21)/b5-2+. The van der Waals surface area contributed by atoms with E-state index in [1.54, 1.807) is 6.20 Å². The lowest BCUT2D eigenvalue weighted by Gasteiger charge is -2.08. The van der Waals surface area contributed by atoms with Crippen LogP contribution in [0.25, 0.3) is 11.8 Å². The monoisotopic (exact) mass is 280 g/mol. The third kappa shape index (κ3) is 3.08. The number of aromatic nitrogens is 2. The van der Waals surface area contributed by atoms with Crippen LogP contribution >= 0.6 is 0 Å². The van der Waals surface area contributed by atoms with E-state index in [1.807, 2.05) is 42.0 Å². The Morgan fingerprint density at radius 3 is 2.62 bits per heavy atom. The molecule has 106 valence electrons. The topological polar surface area (TPSA) is 59.3 Å². The predicted molar refractivity (Wildman–Crippen MR) is 82.1 cm³/mol. The van der Waals surface area contributed by atoms with Crippen LogP contribution in [0.3, 0.4) is 0 Å². The van der Waals surface area contributed by atoms with Crippen molar-refractivity contribution in [3.63, 3.8) is 0 Å². The summed E-state index contributed by atoms with van der Waals surface area (Å²) in [5.41, 5.74) is 5.56. The zero-order valence-electron chi connectivity index (χ0n) is 11.8. The van der Waals surface area contributed by atoms with Crippen molar-refractivity contribution in [2.45, 2.75) is 19.8 Å². The number of amides is 1. The molecule has 2 aromatic rings. The largest absolute Gasteiger partial charge is 0.304 e. The first kappa shape index (κ1) is 13.3. The van der Waals surface area contributed by atoms with Gasteiger partial charge >= 0.3 is 0 Å². The summed E-state index contributed by atoms with van der Waals surface area (Å²) in [6, 6.07) is 8.21. The summed E-state index contributed by atoms with van der Waals surface area (Å²) in [6.07, 6.45) is 8.87. The van der Waals surface area contributed by atoms with E-state index in [1.165, 1.54) is 0 Å². The van der Waals surface area contributed by atoms with E-state index < -0.39 is 0 Å². The van der Waals surface area contributed by atoms with E-state index in [9.17, 15) is 4.79 Å². The van der Waals surface area contributed by atoms with Gasteiger partial charge in [-0.1, -0.05) is 18.2 Å². The van der Waals surface area contributed by atoms with E-state index in [4.69, 9.17) is 0 Å². The number of hydrogen-bond acceptors (Lipinski definition) is 3. The summed E-state index contributed by atoms with van der Waals surface area (Å²) in [6.45, 7) is 1.98. The zero-order chi connectivity index (χ0) is 14.7. The van der Waals surface area contributed by atoms with Gasteiger partial charge in [-0.25, -0.2) is 10.4 Å². The van der Waals surface area contributed by atoms with Gasteiger partial charge in [0, 0.05) is 30.9 Å². The molecule has 2 heterocycles. The Bertz CT molecular complexity index is 710. The average Bonchev–Trinajstić information content (AvgIpc) is 2.93. The molecule has 1 aromatic heterocycles. The van der Waals surface area contributed by atoms with Crippen molar-refractivity contribution in [1.29, 1.82) is 0 Å². The van der Waals surface area contributed by atoms with Crippen LogP contribution in [0, 0.1) is 6.92 Å². The zero-order valence-corrected chi connectivity index (χ0v) is 11.8. The number of allylic oxidation sites excluding steroid dienone is 1. The highest BCUT2D eigenvalue weighted by Crippen LogP contribution is 2.13. The van der Waals surface area contributed by atoms with Crippen molar-refractivity contribution >= 4 is 17.7 Å². The molecule has 1 N–H and O–H groups in total. The van der Waals surface area contributed by atoms with Gasteiger partial charge in [-0.3, -0.25) is 4.79 Å². The molecule has 1 aliphatic rings. The quantitative estimate of drug-likeness (QED) is 0.938. The number of aryl methyl sites for hydroxylation is 1. The molecule has 5 nitrogen and oxygen atoms in total. The van der Waals surface area contributed by atoms with E-state index in [0.29, 0.717) is 12.8 Å². The van der Waals surface area contributed by atoms with Crippen LogP contribution in [-0.2, 0) is 4.79 Å². The molecule has 0 spiro atoms. The molecule has 0 bridgehead atoms. The van der Waals surface area contributed by atoms with Gasteiger partial charge in [0.05, 0.1) is 5.71 Å². The summed E-state index contributed by atoms with van der Waals surface area (Å²) in [5.74, 6) is 0.942. The van der Waals surface area contributed by atoms with Crippen LogP contribution in [0.2, 0.25) is 0 Å². The normalized spacial score (nSPS) is 15.1. The molecule has 1 amide bonds. The van der Waals surface area contributed by atoms with Crippen LogP contribution < -0.4 is 5.43 Å². The van der Waals surface area contributed by atoms with Crippen LogP contribution in [0.1, 0.15) is 24.2 Å². The van der Waals surface area contributed by atoms with Crippen LogP contribution in [-0.4, -0.2) is 21.2 Å². The second-order valence-electron chi connectivity index (χ2n) is 4.91. The summed E-state index contributed by atoms with van der Waals surface area (Å²) >= 11 is 0. The minimum Gasteiger partial charge on any atom is -0.304 e. The van der Waals surface area contributed by atoms with Gasteiger partial charge in [0.1, 0.15) is 5.82 Å². The summed E-state index contributed by atoms with van der Waals surface area (Å²) < 4.78 is 2.04. The molecule has 1 aliphatic heterocycles. The van der Waals surface area contributed by atoms with Crippen LogP contribution in [0.15, 0.2) is 47.8 Å². The summed E-state index contributed by atoms with van der Waals surface area (Å²) in [4.78, 5) is 15.2. The third-order valence-corrected chi connectivity index (χ3v) is 3.40. The first-order valence-electron chi connectivity index (χ1n) is 6.86. The lowest BCUT2D eigenvalue weighted by molar-refractivity contribution is -0.121. The molecule has 3 rings (SSSR count). The van der Waals surface area contributed by atoms with Gasteiger partial charge in [-0.2, -0.15) is 5.10 Å². The SMILES string of the molecule is Cc1nccn1-c1ccc(/C=C/C2=NNC(=O)CC2)cc1. The molecule has 0 fully saturated rings. The van der Waals surface area contributed by atoms with E-state index in [0.717, 1.165) is 22.8 Å². The summed E-state index contributed by atoms with van der Waals surface area (Å²) in [7, 11) is 0. The molecule has 1 aromatic carbocycles.